The van der Waals surface area contributed by atoms with E-state index in [0.717, 1.165) is 6.42 Å². The first-order valence-electron chi connectivity index (χ1n) is 6.57. The number of carboxylic acid groups (broad SMARTS) is 1. The highest BCUT2D eigenvalue weighted by Gasteiger charge is 2.46. The zero-order chi connectivity index (χ0) is 14.8. The Hall–Kier alpha value is -2.11. The van der Waals surface area contributed by atoms with Crippen LogP contribution in [0.2, 0.25) is 0 Å². The number of anilines is 1. The van der Waals surface area contributed by atoms with Gasteiger partial charge >= 0.3 is 12.0 Å². The number of rotatable bonds is 4. The first-order valence-corrected chi connectivity index (χ1v) is 6.57. The standard InChI is InChI=1S/C14H17FN2O3/c1-2-17(11-6-4-10(15)5-7-11)13(20)16-14(12(18)19)8-3-9-14/h4-7H,2-3,8-9H2,1H3,(H,16,20)(H,18,19). The number of benzene rings is 1. The van der Waals surface area contributed by atoms with Gasteiger partial charge in [-0.1, -0.05) is 0 Å². The Bertz CT molecular complexity index is 512. The second-order valence-corrected chi connectivity index (χ2v) is 4.89. The Kier molecular flexibility index (Phi) is 3.92. The van der Waals surface area contributed by atoms with E-state index in [0.29, 0.717) is 25.1 Å². The minimum atomic E-state index is -1.15. The van der Waals surface area contributed by atoms with Gasteiger partial charge in [-0.3, -0.25) is 4.90 Å². The van der Waals surface area contributed by atoms with Crippen LogP contribution in [0.5, 0.6) is 0 Å². The summed E-state index contributed by atoms with van der Waals surface area (Å²) < 4.78 is 12.9. The molecule has 1 fully saturated rings. The van der Waals surface area contributed by atoms with Gasteiger partial charge in [-0.05, 0) is 50.5 Å². The summed E-state index contributed by atoms with van der Waals surface area (Å²) in [7, 11) is 0. The number of nitrogens with zero attached hydrogens (tertiary/aromatic N) is 1. The molecular formula is C14H17FN2O3. The molecule has 0 spiro atoms. The maximum Gasteiger partial charge on any atom is 0.329 e. The number of aliphatic carboxylic acids is 1. The largest absolute Gasteiger partial charge is 0.480 e. The average molecular weight is 280 g/mol. The highest BCUT2D eigenvalue weighted by molar-refractivity contribution is 5.96. The fourth-order valence-electron chi connectivity index (χ4n) is 2.26. The topological polar surface area (TPSA) is 69.6 Å². The smallest absolute Gasteiger partial charge is 0.329 e. The quantitative estimate of drug-likeness (QED) is 0.889. The van der Waals surface area contributed by atoms with Gasteiger partial charge < -0.3 is 10.4 Å². The monoisotopic (exact) mass is 280 g/mol. The minimum absolute atomic E-state index is 0.368. The molecule has 0 radical (unpaired) electrons. The van der Waals surface area contributed by atoms with E-state index in [-0.39, 0.29) is 5.82 Å². The first-order chi connectivity index (χ1) is 9.48. The fourth-order valence-corrected chi connectivity index (χ4v) is 2.26. The van der Waals surface area contributed by atoms with Crippen LogP contribution in [-0.2, 0) is 4.79 Å². The second-order valence-electron chi connectivity index (χ2n) is 4.89. The zero-order valence-electron chi connectivity index (χ0n) is 11.2. The zero-order valence-corrected chi connectivity index (χ0v) is 11.2. The Morgan fingerprint density at radius 2 is 1.95 bits per heavy atom. The number of carboxylic acids is 1. The fraction of sp³-hybridized carbons (Fsp3) is 0.429. The van der Waals surface area contributed by atoms with Crippen molar-refractivity contribution in [2.24, 2.45) is 0 Å². The van der Waals surface area contributed by atoms with Gasteiger partial charge in [-0.25, -0.2) is 14.0 Å². The van der Waals surface area contributed by atoms with Crippen LogP contribution in [0, 0.1) is 5.82 Å². The number of hydrogen-bond donors (Lipinski definition) is 2. The molecule has 2 rings (SSSR count). The molecule has 1 aliphatic carbocycles. The average Bonchev–Trinajstić information content (AvgIpc) is 2.36. The minimum Gasteiger partial charge on any atom is -0.480 e. The maximum atomic E-state index is 12.9. The predicted octanol–water partition coefficient (Wildman–Crippen LogP) is 2.37. The normalized spacial score (nSPS) is 16.1. The van der Waals surface area contributed by atoms with Crippen LogP contribution in [-0.4, -0.2) is 29.2 Å². The molecule has 0 unspecified atom stereocenters. The van der Waals surface area contributed by atoms with Gasteiger partial charge in [0, 0.05) is 12.2 Å². The number of nitrogens with one attached hydrogen (secondary N) is 1. The summed E-state index contributed by atoms with van der Waals surface area (Å²) >= 11 is 0. The van der Waals surface area contributed by atoms with Gasteiger partial charge in [0.1, 0.15) is 11.4 Å². The summed E-state index contributed by atoms with van der Waals surface area (Å²) in [6, 6.07) is 5.05. The van der Waals surface area contributed by atoms with Gasteiger partial charge in [0.15, 0.2) is 0 Å². The van der Waals surface area contributed by atoms with Crippen molar-refractivity contribution in [3.05, 3.63) is 30.1 Å². The van der Waals surface area contributed by atoms with E-state index in [4.69, 9.17) is 0 Å². The van der Waals surface area contributed by atoms with Gasteiger partial charge in [-0.15, -0.1) is 0 Å². The van der Waals surface area contributed by atoms with Crippen LogP contribution < -0.4 is 10.2 Å². The van der Waals surface area contributed by atoms with E-state index < -0.39 is 17.5 Å². The lowest BCUT2D eigenvalue weighted by molar-refractivity contribution is -0.148. The van der Waals surface area contributed by atoms with Crippen molar-refractivity contribution in [2.45, 2.75) is 31.7 Å². The molecule has 0 saturated heterocycles. The van der Waals surface area contributed by atoms with E-state index in [1.165, 1.54) is 29.2 Å². The van der Waals surface area contributed by atoms with Gasteiger partial charge in [0.05, 0.1) is 0 Å². The van der Waals surface area contributed by atoms with Crippen LogP contribution in [0.4, 0.5) is 14.9 Å². The Morgan fingerprint density at radius 3 is 2.35 bits per heavy atom. The summed E-state index contributed by atoms with van der Waals surface area (Å²) in [6.45, 7) is 2.14. The third kappa shape index (κ3) is 2.59. The van der Waals surface area contributed by atoms with E-state index in [9.17, 15) is 19.1 Å². The molecule has 1 aromatic rings. The van der Waals surface area contributed by atoms with Crippen molar-refractivity contribution in [3.8, 4) is 0 Å². The first kappa shape index (κ1) is 14.3. The molecule has 6 heteroatoms. The third-order valence-electron chi connectivity index (χ3n) is 3.66. The molecule has 20 heavy (non-hydrogen) atoms. The molecular weight excluding hydrogens is 263 g/mol. The number of amides is 2. The molecule has 1 aliphatic rings. The van der Waals surface area contributed by atoms with Crippen molar-refractivity contribution in [1.29, 1.82) is 0 Å². The summed E-state index contributed by atoms with van der Waals surface area (Å²) in [5, 5.41) is 11.8. The number of hydrogen-bond acceptors (Lipinski definition) is 2. The highest BCUT2D eigenvalue weighted by atomic mass is 19.1. The van der Waals surface area contributed by atoms with E-state index in [2.05, 4.69) is 5.32 Å². The molecule has 0 heterocycles. The van der Waals surface area contributed by atoms with Crippen molar-refractivity contribution >= 4 is 17.7 Å². The molecule has 0 bridgehead atoms. The van der Waals surface area contributed by atoms with Gasteiger partial charge in [-0.2, -0.15) is 0 Å². The lowest BCUT2D eigenvalue weighted by Crippen LogP contribution is -2.61. The van der Waals surface area contributed by atoms with Crippen molar-refractivity contribution < 1.29 is 19.1 Å². The molecule has 0 aliphatic heterocycles. The van der Waals surface area contributed by atoms with Crippen molar-refractivity contribution in [1.82, 2.24) is 5.32 Å². The summed E-state index contributed by atoms with van der Waals surface area (Å²) in [5.74, 6) is -1.39. The lowest BCUT2D eigenvalue weighted by Gasteiger charge is -2.39. The summed E-state index contributed by atoms with van der Waals surface area (Å²) in [5.41, 5.74) is -0.615. The summed E-state index contributed by atoms with van der Waals surface area (Å²) in [6.07, 6.45) is 1.67. The Morgan fingerprint density at radius 1 is 1.35 bits per heavy atom. The van der Waals surface area contributed by atoms with Crippen LogP contribution in [0.1, 0.15) is 26.2 Å². The number of carbonyl (C=O) groups is 2. The Labute approximate surface area is 116 Å². The van der Waals surface area contributed by atoms with E-state index in [1.54, 1.807) is 6.92 Å². The molecule has 0 aromatic heterocycles. The lowest BCUT2D eigenvalue weighted by atomic mass is 9.77. The van der Waals surface area contributed by atoms with Gasteiger partial charge in [0.2, 0.25) is 0 Å². The van der Waals surface area contributed by atoms with Crippen LogP contribution in [0.15, 0.2) is 24.3 Å². The van der Waals surface area contributed by atoms with Crippen molar-refractivity contribution in [3.63, 3.8) is 0 Å². The highest BCUT2D eigenvalue weighted by Crippen LogP contribution is 2.32. The number of urea groups is 1. The molecule has 2 N–H and O–H groups in total. The predicted molar refractivity (Wildman–Crippen MR) is 72.2 cm³/mol. The molecule has 108 valence electrons. The number of halogens is 1. The SMILES string of the molecule is CCN(C(=O)NC1(C(=O)O)CCC1)c1ccc(F)cc1. The third-order valence-corrected chi connectivity index (χ3v) is 3.66. The second kappa shape index (κ2) is 5.48. The molecule has 2 amide bonds. The van der Waals surface area contributed by atoms with Crippen molar-refractivity contribution in [2.75, 3.05) is 11.4 Å². The van der Waals surface area contributed by atoms with Crippen LogP contribution in [0.25, 0.3) is 0 Å². The maximum absolute atomic E-state index is 12.9. The van der Waals surface area contributed by atoms with Crippen LogP contribution in [0.3, 0.4) is 0 Å². The van der Waals surface area contributed by atoms with E-state index >= 15 is 0 Å². The summed E-state index contributed by atoms with van der Waals surface area (Å²) in [4.78, 5) is 24.9. The van der Waals surface area contributed by atoms with E-state index in [1.807, 2.05) is 0 Å². The van der Waals surface area contributed by atoms with Gasteiger partial charge in [0.25, 0.3) is 0 Å². The molecule has 1 aromatic carbocycles. The Balaban J connectivity index is 2.13. The van der Waals surface area contributed by atoms with Crippen LogP contribution >= 0.6 is 0 Å². The number of carbonyl (C=O) groups excluding carboxylic acids is 1. The molecule has 5 nitrogen and oxygen atoms in total. The molecule has 1 saturated carbocycles. The molecule has 0 atom stereocenters.